The zero-order chi connectivity index (χ0) is 9.28. The van der Waals surface area contributed by atoms with E-state index < -0.39 is 5.54 Å². The average Bonchev–Trinajstić information content (AvgIpc) is 1.87. The van der Waals surface area contributed by atoms with E-state index in [9.17, 15) is 0 Å². The number of hydrazine groups is 2. The van der Waals surface area contributed by atoms with Gasteiger partial charge in [-0.3, -0.25) is 11.7 Å². The summed E-state index contributed by atoms with van der Waals surface area (Å²) in [6.45, 7) is 7.72. The highest BCUT2D eigenvalue weighted by molar-refractivity contribution is 14.1. The maximum Gasteiger partial charge on any atom is 0.110 e. The van der Waals surface area contributed by atoms with Crippen molar-refractivity contribution in [3.63, 3.8) is 0 Å². The summed E-state index contributed by atoms with van der Waals surface area (Å²) in [6, 6.07) is 0. The number of hydrogen-bond donors (Lipinski definition) is 2. The minimum atomic E-state index is -0.395. The largest absolute Gasteiger partial charge is 0.308 e. The van der Waals surface area contributed by atoms with Crippen LogP contribution in [0.25, 0.3) is 0 Å². The van der Waals surface area contributed by atoms with E-state index in [4.69, 9.17) is 14.8 Å². The fourth-order valence-corrected chi connectivity index (χ4v) is 0.944. The molecule has 68 valence electrons. The van der Waals surface area contributed by atoms with Gasteiger partial charge >= 0.3 is 0 Å². The smallest absolute Gasteiger partial charge is 0.110 e. The van der Waals surface area contributed by atoms with Gasteiger partial charge in [-0.1, -0.05) is 0 Å². The number of nitrogens with two attached hydrogens (primary N) is 2. The van der Waals surface area contributed by atoms with Crippen LogP contribution in [0.4, 0.5) is 0 Å². The molecule has 0 fully saturated rings. The fraction of sp³-hybridized carbons (Fsp3) is 1.00. The molecule has 5 heteroatoms. The van der Waals surface area contributed by atoms with Crippen molar-refractivity contribution >= 4 is 23.0 Å². The Labute approximate surface area is 81.9 Å². The lowest BCUT2D eigenvalue weighted by molar-refractivity contribution is -0.0326. The Balaban J connectivity index is 4.53. The molecule has 0 saturated carbocycles. The molecule has 0 radical (unpaired) electrons. The lowest BCUT2D eigenvalue weighted by atomic mass is 9.86. The zero-order valence-corrected chi connectivity index (χ0v) is 9.55. The topological polar surface area (TPSA) is 64.5 Å². The summed E-state index contributed by atoms with van der Waals surface area (Å²) >= 11 is 1.85. The van der Waals surface area contributed by atoms with Crippen LogP contribution in [0.1, 0.15) is 27.7 Å². The van der Waals surface area contributed by atoms with Crippen molar-refractivity contribution in [1.82, 2.24) is 5.12 Å². The molecule has 0 aromatic carbocycles. The first-order valence-corrected chi connectivity index (χ1v) is 4.23. The van der Waals surface area contributed by atoms with Crippen LogP contribution in [0, 0.1) is 0 Å². The Kier molecular flexibility index (Phi) is 3.71. The highest BCUT2D eigenvalue weighted by atomic mass is 127. The Hall–Kier alpha value is 0.570. The lowest BCUT2D eigenvalue weighted by Gasteiger charge is -2.42. The van der Waals surface area contributed by atoms with E-state index in [1.165, 1.54) is 5.12 Å². The molecule has 0 heterocycles. The Morgan fingerprint density at radius 2 is 1.55 bits per heavy atom. The van der Waals surface area contributed by atoms with Gasteiger partial charge in [0.1, 0.15) is 23.0 Å². The average molecular weight is 273 g/mol. The van der Waals surface area contributed by atoms with Crippen LogP contribution in [0.5, 0.6) is 0 Å². The predicted octanol–water partition coefficient (Wildman–Crippen LogP) is 0.960. The van der Waals surface area contributed by atoms with E-state index in [1.807, 2.05) is 50.7 Å². The summed E-state index contributed by atoms with van der Waals surface area (Å²) in [5, 5.41) is 1.17. The lowest BCUT2D eigenvalue weighted by Crippen LogP contribution is -2.63. The van der Waals surface area contributed by atoms with Crippen LogP contribution in [-0.4, -0.2) is 16.3 Å². The summed E-state index contributed by atoms with van der Waals surface area (Å²) in [4.78, 5) is 0. The minimum Gasteiger partial charge on any atom is -0.308 e. The Bertz CT molecular complexity index is 136. The minimum absolute atomic E-state index is 0.378. The first-order chi connectivity index (χ1) is 4.75. The second kappa shape index (κ2) is 3.53. The molecule has 4 N–H and O–H groups in total. The van der Waals surface area contributed by atoms with Crippen LogP contribution >= 0.6 is 23.0 Å². The summed E-state index contributed by atoms with van der Waals surface area (Å²) in [5.74, 6) is 10.9. The highest BCUT2D eigenvalue weighted by Crippen LogP contribution is 2.29. The molecule has 0 spiro atoms. The van der Waals surface area contributed by atoms with E-state index in [1.54, 1.807) is 0 Å². The second-order valence-corrected chi connectivity index (χ2v) is 3.99. The Morgan fingerprint density at radius 1 is 1.18 bits per heavy atom. The molecule has 0 saturated heterocycles. The first-order valence-electron chi connectivity index (χ1n) is 3.35. The SMILES string of the molecule is CC(C)(OI)C(C)(C)N(N)N. The number of nitrogens with zero attached hydrogens (tertiary/aromatic N) is 1. The van der Waals surface area contributed by atoms with Gasteiger partial charge in [-0.15, -0.1) is 0 Å². The van der Waals surface area contributed by atoms with E-state index in [2.05, 4.69) is 0 Å². The maximum absolute atomic E-state index is 5.46. The van der Waals surface area contributed by atoms with Gasteiger partial charge in [0.25, 0.3) is 0 Å². The molecule has 0 aliphatic heterocycles. The number of hydrogen-bond acceptors (Lipinski definition) is 4. The van der Waals surface area contributed by atoms with Gasteiger partial charge < -0.3 is 3.07 Å². The summed E-state index contributed by atoms with van der Waals surface area (Å²) in [6.07, 6.45) is 0. The summed E-state index contributed by atoms with van der Waals surface area (Å²) < 4.78 is 5.23. The van der Waals surface area contributed by atoms with Crippen LogP contribution in [0.2, 0.25) is 0 Å². The molecule has 0 aliphatic carbocycles. The van der Waals surface area contributed by atoms with Gasteiger partial charge in [-0.2, -0.15) is 5.12 Å². The third kappa shape index (κ3) is 2.25. The van der Waals surface area contributed by atoms with Crippen molar-refractivity contribution in [2.75, 3.05) is 0 Å². The van der Waals surface area contributed by atoms with Gasteiger partial charge in [0.15, 0.2) is 0 Å². The maximum atomic E-state index is 5.46. The fourth-order valence-electron chi connectivity index (χ4n) is 0.405. The molecule has 0 rings (SSSR count). The molecule has 0 aromatic heterocycles. The van der Waals surface area contributed by atoms with Crippen molar-refractivity contribution in [1.29, 1.82) is 0 Å². The van der Waals surface area contributed by atoms with Gasteiger partial charge in [-0.25, -0.2) is 0 Å². The van der Waals surface area contributed by atoms with Crippen LogP contribution in [0.15, 0.2) is 0 Å². The monoisotopic (exact) mass is 273 g/mol. The zero-order valence-electron chi connectivity index (χ0n) is 7.39. The number of halogens is 1. The predicted molar refractivity (Wildman–Crippen MR) is 53.5 cm³/mol. The van der Waals surface area contributed by atoms with Crippen LogP contribution in [0.3, 0.4) is 0 Å². The summed E-state index contributed by atoms with van der Waals surface area (Å²) in [5.41, 5.74) is -0.773. The molecule has 11 heavy (non-hydrogen) atoms. The van der Waals surface area contributed by atoms with E-state index in [0.29, 0.717) is 0 Å². The van der Waals surface area contributed by atoms with Gasteiger partial charge in [0, 0.05) is 0 Å². The Morgan fingerprint density at radius 3 is 1.64 bits per heavy atom. The molecule has 0 aliphatic rings. The molecule has 4 nitrogen and oxygen atoms in total. The van der Waals surface area contributed by atoms with Crippen molar-refractivity contribution < 1.29 is 3.07 Å². The van der Waals surface area contributed by atoms with Crippen molar-refractivity contribution in [3.05, 3.63) is 0 Å². The van der Waals surface area contributed by atoms with Crippen LogP contribution < -0.4 is 11.7 Å². The van der Waals surface area contributed by atoms with Crippen LogP contribution in [-0.2, 0) is 3.07 Å². The van der Waals surface area contributed by atoms with Gasteiger partial charge in [-0.05, 0) is 27.7 Å². The third-order valence-corrected chi connectivity index (χ3v) is 3.41. The van der Waals surface area contributed by atoms with Crippen molar-refractivity contribution in [3.8, 4) is 0 Å². The molecule has 0 bridgehead atoms. The molecule has 0 unspecified atom stereocenters. The van der Waals surface area contributed by atoms with E-state index in [-0.39, 0.29) is 5.60 Å². The van der Waals surface area contributed by atoms with Crippen molar-refractivity contribution in [2.45, 2.75) is 38.8 Å². The van der Waals surface area contributed by atoms with E-state index >= 15 is 0 Å². The highest BCUT2D eigenvalue weighted by Gasteiger charge is 2.41. The molecular formula is C6H16IN3O. The normalized spacial score (nSPS) is 14.2. The molecule has 0 atom stereocenters. The summed E-state index contributed by atoms with van der Waals surface area (Å²) in [7, 11) is 0. The quantitative estimate of drug-likeness (QED) is 0.456. The van der Waals surface area contributed by atoms with E-state index in [0.717, 1.165) is 0 Å². The third-order valence-electron chi connectivity index (χ3n) is 2.31. The van der Waals surface area contributed by atoms with Crippen molar-refractivity contribution in [2.24, 2.45) is 11.7 Å². The van der Waals surface area contributed by atoms with Gasteiger partial charge in [0.2, 0.25) is 0 Å². The standard InChI is InChI=1S/C6H16IN3O/c1-5(2,10(8)9)6(3,4)11-7/h8-9H2,1-4H3. The molecule has 0 amide bonds. The molecular weight excluding hydrogens is 257 g/mol. The second-order valence-electron chi connectivity index (χ2n) is 3.55. The first kappa shape index (κ1) is 11.6. The van der Waals surface area contributed by atoms with Gasteiger partial charge in [0.05, 0.1) is 11.1 Å². The molecule has 0 aromatic rings. The number of rotatable bonds is 3.